The normalized spacial score (nSPS) is 15.8. The van der Waals surface area contributed by atoms with E-state index in [0.29, 0.717) is 29.7 Å². The lowest BCUT2D eigenvalue weighted by atomic mass is 10.2. The van der Waals surface area contributed by atoms with Gasteiger partial charge in [-0.1, -0.05) is 30.1 Å². The number of halogens is 2. The summed E-state index contributed by atoms with van der Waals surface area (Å²) in [7, 11) is -2.04. The fourth-order valence-electron chi connectivity index (χ4n) is 1.81. The summed E-state index contributed by atoms with van der Waals surface area (Å²) in [5.41, 5.74) is 0.644. The van der Waals surface area contributed by atoms with E-state index in [2.05, 4.69) is 5.32 Å². The van der Waals surface area contributed by atoms with Crippen LogP contribution in [0.15, 0.2) is 17.0 Å². The van der Waals surface area contributed by atoms with Gasteiger partial charge in [0.2, 0.25) is 10.0 Å². The topological polar surface area (TPSA) is 49.4 Å². The zero-order chi connectivity index (χ0) is 14.9. The minimum absolute atomic E-state index is 0.112. The second kappa shape index (κ2) is 6.20. The van der Waals surface area contributed by atoms with Gasteiger partial charge in [0.1, 0.15) is 4.90 Å². The van der Waals surface area contributed by atoms with Gasteiger partial charge in [0.15, 0.2) is 0 Å². The first-order chi connectivity index (χ1) is 9.37. The molecule has 7 heteroatoms. The van der Waals surface area contributed by atoms with Crippen molar-refractivity contribution in [2.75, 3.05) is 13.6 Å². The zero-order valence-corrected chi connectivity index (χ0v) is 13.8. The number of sulfonamides is 1. The van der Waals surface area contributed by atoms with Crippen molar-refractivity contribution in [2.24, 2.45) is 0 Å². The number of nitrogens with zero attached hydrogens (tertiary/aromatic N) is 1. The van der Waals surface area contributed by atoms with Gasteiger partial charge in [-0.2, -0.15) is 0 Å². The lowest BCUT2D eigenvalue weighted by Crippen LogP contribution is -2.27. The average Bonchev–Trinajstić information content (AvgIpc) is 3.21. The highest BCUT2D eigenvalue weighted by atomic mass is 35.5. The Morgan fingerprint density at radius 1 is 1.35 bits per heavy atom. The predicted octanol–water partition coefficient (Wildman–Crippen LogP) is 2.89. The summed E-state index contributed by atoms with van der Waals surface area (Å²) in [6.45, 7) is 2.65. The number of hydrogen-bond donors (Lipinski definition) is 1. The van der Waals surface area contributed by atoms with Gasteiger partial charge in [0.25, 0.3) is 0 Å². The van der Waals surface area contributed by atoms with Crippen molar-refractivity contribution in [1.29, 1.82) is 0 Å². The van der Waals surface area contributed by atoms with Gasteiger partial charge in [-0.15, -0.1) is 0 Å². The summed E-state index contributed by atoms with van der Waals surface area (Å²) in [6, 6.07) is 3.56. The fourth-order valence-corrected chi connectivity index (χ4v) is 3.87. The fraction of sp³-hybridized carbons (Fsp3) is 0.538. The van der Waals surface area contributed by atoms with Crippen molar-refractivity contribution < 1.29 is 8.42 Å². The molecule has 112 valence electrons. The summed E-state index contributed by atoms with van der Waals surface area (Å²) in [6.07, 6.45) is 2.29. The molecule has 0 radical (unpaired) electrons. The molecule has 0 atom stereocenters. The molecule has 1 aromatic carbocycles. The molecule has 1 aliphatic rings. The van der Waals surface area contributed by atoms with E-state index in [1.54, 1.807) is 13.0 Å². The minimum atomic E-state index is -3.57. The number of hydrogen-bond acceptors (Lipinski definition) is 3. The van der Waals surface area contributed by atoms with Crippen LogP contribution in [0.1, 0.15) is 25.3 Å². The average molecular weight is 337 g/mol. The highest BCUT2D eigenvalue weighted by Gasteiger charge is 2.26. The largest absolute Gasteiger partial charge is 0.310 e. The Morgan fingerprint density at radius 3 is 2.55 bits per heavy atom. The summed E-state index contributed by atoms with van der Waals surface area (Å²) in [5.74, 6) is 0. The standard InChI is InChI=1S/C13H18Cl2N2O2S/c1-3-17(2)20(18,19)12-7-6-11(14)10(13(12)15)8-16-9-4-5-9/h6-7,9,16H,3-5,8H2,1-2H3. The third-order valence-electron chi connectivity index (χ3n) is 3.43. The van der Waals surface area contributed by atoms with Crippen LogP contribution in [-0.2, 0) is 16.6 Å². The number of nitrogens with one attached hydrogen (secondary N) is 1. The molecule has 1 saturated carbocycles. The SMILES string of the molecule is CCN(C)S(=O)(=O)c1ccc(Cl)c(CNC2CC2)c1Cl. The van der Waals surface area contributed by atoms with E-state index in [1.165, 1.54) is 17.4 Å². The van der Waals surface area contributed by atoms with Crippen LogP contribution in [0.2, 0.25) is 10.0 Å². The molecule has 20 heavy (non-hydrogen) atoms. The summed E-state index contributed by atoms with van der Waals surface area (Å²) < 4.78 is 26.0. The molecule has 2 rings (SSSR count). The van der Waals surface area contributed by atoms with Crippen LogP contribution in [0.4, 0.5) is 0 Å². The first-order valence-electron chi connectivity index (χ1n) is 6.54. The van der Waals surface area contributed by atoms with Crippen molar-refractivity contribution >= 4 is 33.2 Å². The van der Waals surface area contributed by atoms with Gasteiger partial charge in [0, 0.05) is 36.8 Å². The van der Waals surface area contributed by atoms with Crippen molar-refractivity contribution in [3.05, 3.63) is 27.7 Å². The van der Waals surface area contributed by atoms with Crippen molar-refractivity contribution in [1.82, 2.24) is 9.62 Å². The maximum Gasteiger partial charge on any atom is 0.244 e. The Bertz CT molecular complexity index is 601. The second-order valence-corrected chi connectivity index (χ2v) is 7.71. The van der Waals surface area contributed by atoms with E-state index in [-0.39, 0.29) is 9.92 Å². The molecular formula is C13H18Cl2N2O2S. The van der Waals surface area contributed by atoms with Gasteiger partial charge >= 0.3 is 0 Å². The molecular weight excluding hydrogens is 319 g/mol. The Balaban J connectivity index is 2.37. The molecule has 0 unspecified atom stereocenters. The molecule has 0 saturated heterocycles. The van der Waals surface area contributed by atoms with Crippen molar-refractivity contribution in [3.63, 3.8) is 0 Å². The second-order valence-electron chi connectivity index (χ2n) is 4.91. The van der Waals surface area contributed by atoms with Gasteiger partial charge in [-0.25, -0.2) is 12.7 Å². The Morgan fingerprint density at radius 2 is 2.00 bits per heavy atom. The molecule has 1 N–H and O–H groups in total. The van der Waals surface area contributed by atoms with E-state index < -0.39 is 10.0 Å². The molecule has 0 amide bonds. The molecule has 0 aliphatic heterocycles. The van der Waals surface area contributed by atoms with E-state index in [1.807, 2.05) is 0 Å². The van der Waals surface area contributed by atoms with Crippen molar-refractivity contribution in [3.8, 4) is 0 Å². The minimum Gasteiger partial charge on any atom is -0.310 e. The highest BCUT2D eigenvalue weighted by molar-refractivity contribution is 7.89. The predicted molar refractivity (Wildman–Crippen MR) is 81.8 cm³/mol. The third kappa shape index (κ3) is 3.28. The number of benzene rings is 1. The highest BCUT2D eigenvalue weighted by Crippen LogP contribution is 2.33. The van der Waals surface area contributed by atoms with E-state index in [9.17, 15) is 8.42 Å². The van der Waals surface area contributed by atoms with Gasteiger partial charge < -0.3 is 5.32 Å². The first-order valence-corrected chi connectivity index (χ1v) is 8.74. The lowest BCUT2D eigenvalue weighted by molar-refractivity contribution is 0.486. The molecule has 0 aromatic heterocycles. The monoisotopic (exact) mass is 336 g/mol. The molecule has 0 spiro atoms. The van der Waals surface area contributed by atoms with Crippen LogP contribution in [0.25, 0.3) is 0 Å². The number of rotatable bonds is 6. The smallest absolute Gasteiger partial charge is 0.244 e. The molecule has 0 heterocycles. The lowest BCUT2D eigenvalue weighted by Gasteiger charge is -2.18. The van der Waals surface area contributed by atoms with Gasteiger partial charge in [0.05, 0.1) is 5.02 Å². The van der Waals surface area contributed by atoms with Crippen LogP contribution < -0.4 is 5.32 Å². The van der Waals surface area contributed by atoms with Gasteiger partial charge in [-0.05, 0) is 25.0 Å². The van der Waals surface area contributed by atoms with E-state index >= 15 is 0 Å². The first kappa shape index (κ1) is 16.0. The van der Waals surface area contributed by atoms with Crippen LogP contribution in [-0.4, -0.2) is 32.4 Å². The van der Waals surface area contributed by atoms with Crippen LogP contribution in [0, 0.1) is 0 Å². The summed E-state index contributed by atoms with van der Waals surface area (Å²) in [5, 5.41) is 4.00. The molecule has 1 aliphatic carbocycles. The van der Waals surface area contributed by atoms with Crippen molar-refractivity contribution in [2.45, 2.75) is 37.2 Å². The van der Waals surface area contributed by atoms with Crippen LogP contribution in [0.3, 0.4) is 0 Å². The maximum absolute atomic E-state index is 12.4. The third-order valence-corrected chi connectivity index (χ3v) is 6.30. The van der Waals surface area contributed by atoms with Crippen LogP contribution >= 0.6 is 23.2 Å². The summed E-state index contributed by atoms with van der Waals surface area (Å²) in [4.78, 5) is 0.112. The Kier molecular flexibility index (Phi) is 4.97. The van der Waals surface area contributed by atoms with Crippen LogP contribution in [0.5, 0.6) is 0 Å². The maximum atomic E-state index is 12.4. The van der Waals surface area contributed by atoms with Gasteiger partial charge in [-0.3, -0.25) is 0 Å². The molecule has 1 fully saturated rings. The Hall–Kier alpha value is -0.330. The molecule has 4 nitrogen and oxygen atoms in total. The quantitative estimate of drug-likeness (QED) is 0.868. The zero-order valence-electron chi connectivity index (χ0n) is 11.5. The summed E-state index contributed by atoms with van der Waals surface area (Å²) >= 11 is 12.4. The Labute approximate surface area is 130 Å². The van der Waals surface area contributed by atoms with E-state index in [4.69, 9.17) is 23.2 Å². The molecule has 1 aromatic rings. The molecule has 0 bridgehead atoms. The van der Waals surface area contributed by atoms with E-state index in [0.717, 1.165) is 12.8 Å².